The third kappa shape index (κ3) is 3.09. The molecule has 0 aliphatic heterocycles. The van der Waals surface area contributed by atoms with Gasteiger partial charge in [-0.2, -0.15) is 0 Å². The van der Waals surface area contributed by atoms with E-state index >= 15 is 0 Å². The van der Waals surface area contributed by atoms with E-state index in [-0.39, 0.29) is 12.4 Å². The molecule has 0 saturated heterocycles. The summed E-state index contributed by atoms with van der Waals surface area (Å²) in [6.07, 6.45) is 9.66. The fourth-order valence-corrected chi connectivity index (χ4v) is 13.6. The van der Waals surface area contributed by atoms with Gasteiger partial charge in [-0.15, -0.1) is 12.4 Å². The number of halogens is 1. The molecule has 0 nitrogen and oxygen atoms in total. The van der Waals surface area contributed by atoms with E-state index in [1.165, 1.54) is 11.1 Å². The van der Waals surface area contributed by atoms with Crippen molar-refractivity contribution >= 4 is 31.4 Å². The zero-order valence-corrected chi connectivity index (χ0v) is 19.0. The molecule has 0 aromatic heterocycles. The van der Waals surface area contributed by atoms with Crippen molar-refractivity contribution in [1.82, 2.24) is 0 Å². The van der Waals surface area contributed by atoms with Gasteiger partial charge in [0.05, 0.1) is 0 Å². The van der Waals surface area contributed by atoms with Crippen molar-refractivity contribution in [2.24, 2.45) is 0 Å². The SMILES string of the molecule is Cl.[CH3][Zr]([CH3])(=[SiH2])[CH](C1C=Cc2ccccc21)C1C=Cc2ccccc21. The average molecular weight is 431 g/mol. The standard InChI is InChI=1S/C19H15.2CH3.ClH.H2Si.Zr/c1-3-7-18-14(5-1)9-11-16(18)13-17-12-10-15-6-2-4-8-19(15)17;;;;;/h1-13,16-17H;2*1H3;1H;1H2;. The third-order valence-electron chi connectivity index (χ3n) is 5.35. The monoisotopic (exact) mass is 429 g/mol. The Morgan fingerprint density at radius 1 is 0.792 bits per heavy atom. The second kappa shape index (κ2) is 6.90. The minimum absolute atomic E-state index is 0. The summed E-state index contributed by atoms with van der Waals surface area (Å²) in [6, 6.07) is 17.9. The summed E-state index contributed by atoms with van der Waals surface area (Å²) in [5, 5.41) is 0. The van der Waals surface area contributed by atoms with Gasteiger partial charge in [-0.05, 0) is 0 Å². The molecular formula is C21H24ClSiZr. The molecule has 4 rings (SSSR count). The molecule has 0 fully saturated rings. The first-order chi connectivity index (χ1) is 11.1. The maximum absolute atomic E-state index is 2.61. The summed E-state index contributed by atoms with van der Waals surface area (Å²) in [4.78, 5) is 0. The molecule has 2 aromatic carbocycles. The Labute approximate surface area is 157 Å². The van der Waals surface area contributed by atoms with Gasteiger partial charge >= 0.3 is 146 Å². The van der Waals surface area contributed by atoms with Crippen LogP contribution in [0.1, 0.15) is 34.1 Å². The van der Waals surface area contributed by atoms with E-state index in [1.807, 2.05) is 0 Å². The van der Waals surface area contributed by atoms with Crippen molar-refractivity contribution in [3.63, 3.8) is 0 Å². The van der Waals surface area contributed by atoms with Crippen LogP contribution < -0.4 is 0 Å². The summed E-state index contributed by atoms with van der Waals surface area (Å²) < 4.78 is 6.00. The molecule has 0 amide bonds. The summed E-state index contributed by atoms with van der Waals surface area (Å²) in [5.41, 5.74) is 5.95. The zero-order valence-electron chi connectivity index (χ0n) is 14.3. The van der Waals surface area contributed by atoms with Crippen molar-refractivity contribution in [3.05, 3.63) is 82.9 Å². The molecule has 2 aliphatic rings. The zero-order chi connectivity index (χ0) is 16.0. The summed E-state index contributed by atoms with van der Waals surface area (Å²) in [7, 11) is 0. The Bertz CT molecular complexity index is 800. The van der Waals surface area contributed by atoms with Gasteiger partial charge < -0.3 is 0 Å². The van der Waals surface area contributed by atoms with Crippen LogP contribution in [0, 0.1) is 0 Å². The second-order valence-corrected chi connectivity index (χ2v) is 29.7. The Morgan fingerprint density at radius 2 is 1.21 bits per heavy atom. The van der Waals surface area contributed by atoms with E-state index in [9.17, 15) is 0 Å². The molecule has 2 aliphatic carbocycles. The molecule has 2 atom stereocenters. The van der Waals surface area contributed by atoms with Gasteiger partial charge in [-0.1, -0.05) is 0 Å². The molecule has 24 heavy (non-hydrogen) atoms. The summed E-state index contributed by atoms with van der Waals surface area (Å²) in [6.45, 7) is 2.36. The first-order valence-electron chi connectivity index (χ1n) is 8.45. The molecule has 2 aromatic rings. The molecular weight excluding hydrogens is 407 g/mol. The third-order valence-corrected chi connectivity index (χ3v) is 14.3. The van der Waals surface area contributed by atoms with E-state index in [0.717, 1.165) is 3.63 Å². The van der Waals surface area contributed by atoms with Crippen LogP contribution >= 0.6 is 12.4 Å². The fourth-order valence-electron chi connectivity index (χ4n) is 4.38. The Morgan fingerprint density at radius 3 is 1.62 bits per heavy atom. The van der Waals surface area contributed by atoms with E-state index in [4.69, 9.17) is 0 Å². The van der Waals surface area contributed by atoms with Gasteiger partial charge in [0.25, 0.3) is 0 Å². The average Bonchev–Trinajstić information content (AvgIpc) is 3.12. The quantitative estimate of drug-likeness (QED) is 0.554. The molecule has 2 unspecified atom stereocenters. The fraction of sp³-hybridized carbons (Fsp3) is 0.238. The van der Waals surface area contributed by atoms with Gasteiger partial charge in [0.1, 0.15) is 0 Å². The van der Waals surface area contributed by atoms with Crippen LogP contribution in [-0.4, -0.2) is 6.88 Å². The topological polar surface area (TPSA) is 0 Å². The molecule has 0 spiro atoms. The normalized spacial score (nSPS) is 21.9. The Kier molecular flexibility index (Phi) is 5.21. The number of fused-ring (bicyclic) bond motifs is 2. The molecule has 0 heterocycles. The number of hydrogen-bond donors (Lipinski definition) is 0. The van der Waals surface area contributed by atoms with E-state index in [2.05, 4.69) is 89.0 Å². The van der Waals surface area contributed by atoms with Crippen LogP contribution in [0.25, 0.3) is 12.2 Å². The van der Waals surface area contributed by atoms with Gasteiger partial charge in [0, 0.05) is 0 Å². The van der Waals surface area contributed by atoms with Gasteiger partial charge in [0.15, 0.2) is 0 Å². The number of benzene rings is 2. The molecule has 3 heteroatoms. The first-order valence-corrected chi connectivity index (χ1v) is 20.7. The summed E-state index contributed by atoms with van der Waals surface area (Å²) in [5.74, 6) is 1.19. The summed E-state index contributed by atoms with van der Waals surface area (Å²) >= 11 is -2.14. The molecule has 0 bridgehead atoms. The van der Waals surface area contributed by atoms with Crippen LogP contribution in [0.5, 0.6) is 0 Å². The van der Waals surface area contributed by atoms with Crippen molar-refractivity contribution < 1.29 is 18.9 Å². The predicted molar refractivity (Wildman–Crippen MR) is 108 cm³/mol. The predicted octanol–water partition coefficient (Wildman–Crippen LogP) is 5.62. The van der Waals surface area contributed by atoms with Gasteiger partial charge in [0.2, 0.25) is 0 Å². The van der Waals surface area contributed by atoms with Crippen LogP contribution in [-0.2, 0) is 18.9 Å². The minimum atomic E-state index is -2.14. The molecule has 123 valence electrons. The van der Waals surface area contributed by atoms with Crippen LogP contribution in [0.15, 0.2) is 60.7 Å². The maximum atomic E-state index is 2.61. The second-order valence-electron chi connectivity index (χ2n) is 7.54. The van der Waals surface area contributed by atoms with Crippen molar-refractivity contribution in [2.75, 3.05) is 0 Å². The van der Waals surface area contributed by atoms with Crippen molar-refractivity contribution in [2.45, 2.75) is 24.7 Å². The van der Waals surface area contributed by atoms with Gasteiger partial charge in [-0.25, -0.2) is 0 Å². The number of allylic oxidation sites excluding steroid dienone is 2. The molecule has 0 saturated carbocycles. The van der Waals surface area contributed by atoms with E-state index in [0.29, 0.717) is 11.8 Å². The van der Waals surface area contributed by atoms with Crippen molar-refractivity contribution in [3.8, 4) is 0 Å². The Balaban J connectivity index is 0.00000169. The first kappa shape index (κ1) is 18.1. The van der Waals surface area contributed by atoms with E-state index in [1.54, 1.807) is 11.1 Å². The molecule has 0 N–H and O–H groups in total. The van der Waals surface area contributed by atoms with Crippen LogP contribution in [0.3, 0.4) is 0 Å². The van der Waals surface area contributed by atoms with Gasteiger partial charge in [-0.3, -0.25) is 0 Å². The molecule has 0 radical (unpaired) electrons. The van der Waals surface area contributed by atoms with Crippen molar-refractivity contribution in [1.29, 1.82) is 0 Å². The van der Waals surface area contributed by atoms with E-state index < -0.39 is 18.9 Å². The number of hydrogen-bond acceptors (Lipinski definition) is 0. The van der Waals surface area contributed by atoms with Crippen LogP contribution in [0.4, 0.5) is 0 Å². The number of rotatable bonds is 3. The Hall–Kier alpha value is -0.690. The van der Waals surface area contributed by atoms with Crippen LogP contribution in [0.2, 0.25) is 12.9 Å².